The molecule has 4 heterocycles. The monoisotopic (exact) mass is 497 g/mol. The number of hydrogen-bond donors (Lipinski definition) is 2. The van der Waals surface area contributed by atoms with Gasteiger partial charge in [0.05, 0.1) is 24.4 Å². The Morgan fingerprint density at radius 2 is 1.92 bits per heavy atom. The van der Waals surface area contributed by atoms with E-state index in [9.17, 15) is 14.4 Å². The average Bonchev–Trinajstić information content (AvgIpc) is 3.61. The molecule has 1 saturated carbocycles. The third-order valence-corrected chi connectivity index (χ3v) is 8.23. The fourth-order valence-electron chi connectivity index (χ4n) is 6.23. The van der Waals surface area contributed by atoms with E-state index in [1.165, 1.54) is 19.3 Å². The second-order valence-electron chi connectivity index (χ2n) is 10.4. The first-order chi connectivity index (χ1) is 18.1. The van der Waals surface area contributed by atoms with Crippen LogP contribution in [0.3, 0.4) is 0 Å². The van der Waals surface area contributed by atoms with Crippen molar-refractivity contribution in [3.63, 3.8) is 0 Å². The van der Waals surface area contributed by atoms with Crippen molar-refractivity contribution >= 4 is 29.1 Å². The summed E-state index contributed by atoms with van der Waals surface area (Å²) < 4.78 is 1.92. The summed E-state index contributed by atoms with van der Waals surface area (Å²) >= 11 is 0. The third-order valence-electron chi connectivity index (χ3n) is 8.23. The number of imidazole rings is 1. The summed E-state index contributed by atoms with van der Waals surface area (Å²) in [6.07, 6.45) is 13.2. The number of benzene rings is 1. The minimum atomic E-state index is -1.12. The van der Waals surface area contributed by atoms with Crippen molar-refractivity contribution in [3.05, 3.63) is 78.3 Å². The van der Waals surface area contributed by atoms with Gasteiger partial charge in [-0.2, -0.15) is 0 Å². The molecule has 3 aromatic rings. The Morgan fingerprint density at radius 1 is 1.11 bits per heavy atom. The molecule has 190 valence electrons. The molecule has 37 heavy (non-hydrogen) atoms. The van der Waals surface area contributed by atoms with Crippen molar-refractivity contribution in [2.45, 2.75) is 44.1 Å². The number of aromatic nitrogens is 2. The summed E-state index contributed by atoms with van der Waals surface area (Å²) in [5.41, 5.74) is 2.01. The lowest BCUT2D eigenvalue weighted by molar-refractivity contribution is -0.131. The molecule has 8 heteroatoms. The summed E-state index contributed by atoms with van der Waals surface area (Å²) in [4.78, 5) is 46.5. The van der Waals surface area contributed by atoms with Gasteiger partial charge in [-0.1, -0.05) is 49.6 Å². The van der Waals surface area contributed by atoms with Crippen LogP contribution in [0.4, 0.5) is 5.69 Å². The second-order valence-corrected chi connectivity index (χ2v) is 10.4. The van der Waals surface area contributed by atoms with Crippen LogP contribution in [-0.4, -0.2) is 45.1 Å². The predicted molar refractivity (Wildman–Crippen MR) is 140 cm³/mol. The number of carbonyl (C=O) groups excluding carboxylic acids is 3. The number of fused-ring (bicyclic) bond motifs is 3. The first-order valence-electron chi connectivity index (χ1n) is 13.1. The van der Waals surface area contributed by atoms with Crippen molar-refractivity contribution in [1.82, 2.24) is 19.6 Å². The van der Waals surface area contributed by atoms with Crippen molar-refractivity contribution < 1.29 is 14.4 Å². The Bertz CT molecular complexity index is 1390. The first-order valence-corrected chi connectivity index (χ1v) is 13.1. The van der Waals surface area contributed by atoms with E-state index < -0.39 is 11.3 Å². The van der Waals surface area contributed by atoms with E-state index in [0.717, 1.165) is 29.7 Å². The molecule has 0 bridgehead atoms. The Hall–Kier alpha value is -3.94. The van der Waals surface area contributed by atoms with Gasteiger partial charge in [0.25, 0.3) is 0 Å². The highest BCUT2D eigenvalue weighted by atomic mass is 16.2. The maximum Gasteiger partial charge on any atom is 0.246 e. The molecule has 1 spiro atoms. The topological polar surface area (TPSA) is 95.8 Å². The lowest BCUT2D eigenvalue weighted by Gasteiger charge is -2.27. The van der Waals surface area contributed by atoms with Gasteiger partial charge in [-0.25, -0.2) is 4.98 Å². The molecular formula is C29H31N5O3. The molecule has 8 nitrogen and oxygen atoms in total. The van der Waals surface area contributed by atoms with Crippen LogP contribution in [-0.2, 0) is 26.3 Å². The SMILES string of the molecule is O=C(NCc1cnc2ccccn12)C1CN(C(=O)/C=C/C2CCCCC2)CC12C(=O)Nc1ccccc12. The molecule has 2 aromatic heterocycles. The summed E-state index contributed by atoms with van der Waals surface area (Å²) in [7, 11) is 0. The lowest BCUT2D eigenvalue weighted by atomic mass is 9.73. The summed E-state index contributed by atoms with van der Waals surface area (Å²) in [6.45, 7) is 0.640. The minimum Gasteiger partial charge on any atom is -0.350 e. The van der Waals surface area contributed by atoms with Gasteiger partial charge in [0.2, 0.25) is 17.7 Å². The van der Waals surface area contributed by atoms with Crippen molar-refractivity contribution in [1.29, 1.82) is 0 Å². The molecule has 2 atom stereocenters. The van der Waals surface area contributed by atoms with Crippen LogP contribution in [0.15, 0.2) is 67.0 Å². The van der Waals surface area contributed by atoms with E-state index in [1.54, 1.807) is 17.2 Å². The molecule has 0 radical (unpaired) electrons. The number of rotatable bonds is 5. The van der Waals surface area contributed by atoms with Gasteiger partial charge in [0.15, 0.2) is 0 Å². The van der Waals surface area contributed by atoms with Gasteiger partial charge in [-0.05, 0) is 48.6 Å². The summed E-state index contributed by atoms with van der Waals surface area (Å²) in [5, 5.41) is 5.99. The van der Waals surface area contributed by atoms with Crippen LogP contribution in [0.2, 0.25) is 0 Å². The van der Waals surface area contributed by atoms with Crippen LogP contribution in [0.5, 0.6) is 0 Å². The molecule has 2 unspecified atom stereocenters. The molecule has 3 aliphatic rings. The summed E-state index contributed by atoms with van der Waals surface area (Å²) in [5.74, 6) is -0.893. The highest BCUT2D eigenvalue weighted by Crippen LogP contribution is 2.47. The zero-order valence-electron chi connectivity index (χ0n) is 20.7. The third kappa shape index (κ3) is 4.10. The molecular weight excluding hydrogens is 466 g/mol. The average molecular weight is 498 g/mol. The molecule has 1 aromatic carbocycles. The smallest absolute Gasteiger partial charge is 0.246 e. The number of anilines is 1. The fraction of sp³-hybridized carbons (Fsp3) is 0.379. The normalized spacial score (nSPS) is 23.6. The van der Waals surface area contributed by atoms with Gasteiger partial charge < -0.3 is 19.9 Å². The number of carbonyl (C=O) groups is 3. The van der Waals surface area contributed by atoms with E-state index in [4.69, 9.17) is 0 Å². The maximum absolute atomic E-state index is 13.7. The Morgan fingerprint density at radius 3 is 2.78 bits per heavy atom. The Kier molecular flexibility index (Phi) is 6.02. The zero-order valence-corrected chi connectivity index (χ0v) is 20.7. The number of likely N-dealkylation sites (tertiary alicyclic amines) is 1. The van der Waals surface area contributed by atoms with Gasteiger partial charge in [-0.3, -0.25) is 14.4 Å². The predicted octanol–water partition coefficient (Wildman–Crippen LogP) is 3.44. The van der Waals surface area contributed by atoms with E-state index in [2.05, 4.69) is 15.6 Å². The number of amides is 3. The highest BCUT2D eigenvalue weighted by Gasteiger charge is 2.60. The molecule has 3 amide bonds. The van der Waals surface area contributed by atoms with Crippen molar-refractivity contribution in [2.24, 2.45) is 11.8 Å². The number of nitrogens with one attached hydrogen (secondary N) is 2. The molecule has 1 aliphatic carbocycles. The first kappa shape index (κ1) is 23.5. The van der Waals surface area contributed by atoms with Gasteiger partial charge in [0.1, 0.15) is 11.1 Å². The zero-order chi connectivity index (χ0) is 25.4. The van der Waals surface area contributed by atoms with E-state index in [0.29, 0.717) is 11.6 Å². The quantitative estimate of drug-likeness (QED) is 0.528. The number of allylic oxidation sites excluding steroid dienone is 1. The van der Waals surface area contributed by atoms with E-state index in [-0.39, 0.29) is 37.4 Å². The second kappa shape index (κ2) is 9.50. The van der Waals surface area contributed by atoms with Crippen LogP contribution in [0.25, 0.3) is 5.65 Å². The number of nitrogens with zero attached hydrogens (tertiary/aromatic N) is 3. The lowest BCUT2D eigenvalue weighted by Crippen LogP contribution is -2.48. The molecule has 6 rings (SSSR count). The van der Waals surface area contributed by atoms with Crippen LogP contribution >= 0.6 is 0 Å². The van der Waals surface area contributed by atoms with Crippen LogP contribution < -0.4 is 10.6 Å². The minimum absolute atomic E-state index is 0.140. The van der Waals surface area contributed by atoms with E-state index in [1.807, 2.05) is 59.1 Å². The van der Waals surface area contributed by atoms with Gasteiger partial charge in [-0.15, -0.1) is 0 Å². The number of pyridine rings is 1. The standard InChI is InChI=1S/C29H31N5O3/c35-26(14-13-20-8-2-1-3-9-20)33-18-23(29(19-33)22-10-4-5-11-24(22)32-28(29)37)27(36)31-17-21-16-30-25-12-6-7-15-34(21)25/h4-7,10-16,20,23H,1-3,8-9,17-19H2,(H,31,36)(H,32,37)/b14-13+. The Balaban J connectivity index is 1.26. The number of hydrogen-bond acceptors (Lipinski definition) is 4. The molecule has 1 saturated heterocycles. The van der Waals surface area contributed by atoms with E-state index >= 15 is 0 Å². The molecule has 2 N–H and O–H groups in total. The highest BCUT2D eigenvalue weighted by molar-refractivity contribution is 6.10. The molecule has 2 fully saturated rings. The fourth-order valence-corrected chi connectivity index (χ4v) is 6.23. The van der Waals surface area contributed by atoms with Gasteiger partial charge >= 0.3 is 0 Å². The maximum atomic E-state index is 13.7. The molecule has 2 aliphatic heterocycles. The van der Waals surface area contributed by atoms with Crippen LogP contribution in [0, 0.1) is 11.8 Å². The van der Waals surface area contributed by atoms with Crippen LogP contribution in [0.1, 0.15) is 43.4 Å². The largest absolute Gasteiger partial charge is 0.350 e. The van der Waals surface area contributed by atoms with Crippen molar-refractivity contribution in [2.75, 3.05) is 18.4 Å². The van der Waals surface area contributed by atoms with Gasteiger partial charge in [0, 0.05) is 25.0 Å². The number of para-hydroxylation sites is 1. The summed E-state index contributed by atoms with van der Waals surface area (Å²) in [6, 6.07) is 13.2. The Labute approximate surface area is 215 Å². The van der Waals surface area contributed by atoms with Crippen molar-refractivity contribution in [3.8, 4) is 0 Å².